The summed E-state index contributed by atoms with van der Waals surface area (Å²) >= 11 is 0. The van der Waals surface area contributed by atoms with E-state index >= 15 is 0 Å². The molecule has 1 aliphatic carbocycles. The molecule has 1 aromatic carbocycles. The van der Waals surface area contributed by atoms with Gasteiger partial charge in [-0.1, -0.05) is 30.4 Å². The molecule has 0 saturated heterocycles. The van der Waals surface area contributed by atoms with Crippen LogP contribution in [0.3, 0.4) is 0 Å². The molecule has 100 valence electrons. The third-order valence-electron chi connectivity index (χ3n) is 3.08. The van der Waals surface area contributed by atoms with Crippen LogP contribution in [0.5, 0.6) is 0 Å². The smallest absolute Gasteiger partial charge is 0.404 e. The minimum absolute atomic E-state index is 0.0915. The van der Waals surface area contributed by atoms with E-state index in [0.29, 0.717) is 6.42 Å². The van der Waals surface area contributed by atoms with Gasteiger partial charge in [-0.15, -0.1) is 0 Å². The lowest BCUT2D eigenvalue weighted by molar-refractivity contribution is 0.134. The average molecular weight is 265 g/mol. The number of allylic oxidation sites excluding steroid dienone is 3. The molecule has 0 spiro atoms. The van der Waals surface area contributed by atoms with Crippen LogP contribution < -0.4 is 5.73 Å². The second-order valence-electron chi connectivity index (χ2n) is 4.38. The van der Waals surface area contributed by atoms with E-state index in [-0.39, 0.29) is 12.2 Å². The van der Waals surface area contributed by atoms with Crippen LogP contribution in [-0.4, -0.2) is 12.7 Å². The Balaban J connectivity index is 2.39. The topological polar surface area (TPSA) is 52.3 Å². The first-order valence-corrected chi connectivity index (χ1v) is 5.76. The van der Waals surface area contributed by atoms with Crippen LogP contribution in [0.4, 0.5) is 13.6 Å². The maximum Gasteiger partial charge on any atom is 0.404 e. The van der Waals surface area contributed by atoms with Gasteiger partial charge in [0.15, 0.2) is 0 Å². The van der Waals surface area contributed by atoms with E-state index in [0.717, 1.165) is 6.07 Å². The van der Waals surface area contributed by atoms with Gasteiger partial charge in [-0.3, -0.25) is 0 Å². The fourth-order valence-electron chi connectivity index (χ4n) is 2.14. The van der Waals surface area contributed by atoms with Gasteiger partial charge in [-0.25, -0.2) is 13.6 Å². The quantitative estimate of drug-likeness (QED) is 0.913. The van der Waals surface area contributed by atoms with E-state index in [1.165, 1.54) is 12.1 Å². The van der Waals surface area contributed by atoms with Gasteiger partial charge in [-0.2, -0.15) is 0 Å². The Morgan fingerprint density at radius 2 is 2.16 bits per heavy atom. The maximum absolute atomic E-state index is 13.9. The van der Waals surface area contributed by atoms with Gasteiger partial charge in [0.2, 0.25) is 0 Å². The van der Waals surface area contributed by atoms with E-state index < -0.39 is 23.1 Å². The second kappa shape index (κ2) is 5.22. The highest BCUT2D eigenvalue weighted by atomic mass is 19.1. The minimum Gasteiger partial charge on any atom is -0.448 e. The summed E-state index contributed by atoms with van der Waals surface area (Å²) in [5, 5.41) is 0. The van der Waals surface area contributed by atoms with Gasteiger partial charge in [0, 0.05) is 11.6 Å². The summed E-state index contributed by atoms with van der Waals surface area (Å²) in [6.07, 6.45) is 6.61. The van der Waals surface area contributed by atoms with Crippen LogP contribution in [0.25, 0.3) is 0 Å². The van der Waals surface area contributed by atoms with Gasteiger partial charge in [0.1, 0.15) is 18.2 Å². The van der Waals surface area contributed by atoms with Gasteiger partial charge in [0.05, 0.1) is 5.41 Å². The SMILES string of the molecule is NC(=O)OCC1(c2ccc(F)cc2F)C=CC=CC1. The number of rotatable bonds is 3. The summed E-state index contributed by atoms with van der Waals surface area (Å²) in [6, 6.07) is 3.35. The van der Waals surface area contributed by atoms with Crippen molar-refractivity contribution in [1.82, 2.24) is 0 Å². The largest absolute Gasteiger partial charge is 0.448 e. The molecule has 19 heavy (non-hydrogen) atoms. The van der Waals surface area contributed by atoms with Gasteiger partial charge in [0.25, 0.3) is 0 Å². The van der Waals surface area contributed by atoms with E-state index in [9.17, 15) is 13.6 Å². The van der Waals surface area contributed by atoms with Crippen LogP contribution in [0.15, 0.2) is 42.5 Å². The predicted molar refractivity (Wildman–Crippen MR) is 66.5 cm³/mol. The Kier molecular flexibility index (Phi) is 3.64. The van der Waals surface area contributed by atoms with Crippen molar-refractivity contribution < 1.29 is 18.3 Å². The van der Waals surface area contributed by atoms with Crippen molar-refractivity contribution >= 4 is 6.09 Å². The summed E-state index contributed by atoms with van der Waals surface area (Å²) in [5.74, 6) is -1.32. The molecular formula is C14H13F2NO2. The van der Waals surface area contributed by atoms with Gasteiger partial charge in [-0.05, 0) is 12.5 Å². The number of carbonyl (C=O) groups is 1. The monoisotopic (exact) mass is 265 g/mol. The molecule has 0 heterocycles. The van der Waals surface area contributed by atoms with E-state index in [1.807, 2.05) is 12.2 Å². The highest BCUT2D eigenvalue weighted by Crippen LogP contribution is 2.35. The van der Waals surface area contributed by atoms with E-state index in [2.05, 4.69) is 0 Å². The molecule has 3 nitrogen and oxygen atoms in total. The lowest BCUT2D eigenvalue weighted by Gasteiger charge is -2.31. The first-order valence-electron chi connectivity index (χ1n) is 5.76. The first kappa shape index (κ1) is 13.3. The number of nitrogens with two attached hydrogens (primary N) is 1. The van der Waals surface area contributed by atoms with Crippen molar-refractivity contribution in [3.8, 4) is 0 Å². The molecule has 0 aromatic heterocycles. The van der Waals surface area contributed by atoms with E-state index in [4.69, 9.17) is 10.5 Å². The lowest BCUT2D eigenvalue weighted by atomic mass is 9.76. The highest BCUT2D eigenvalue weighted by Gasteiger charge is 2.33. The summed E-state index contributed by atoms with van der Waals surface area (Å²) < 4.78 is 31.7. The van der Waals surface area contributed by atoms with E-state index in [1.54, 1.807) is 12.2 Å². The van der Waals surface area contributed by atoms with Crippen molar-refractivity contribution in [2.75, 3.05) is 6.61 Å². The van der Waals surface area contributed by atoms with Crippen molar-refractivity contribution in [1.29, 1.82) is 0 Å². The molecule has 0 aliphatic heterocycles. The van der Waals surface area contributed by atoms with Crippen molar-refractivity contribution in [3.05, 3.63) is 59.7 Å². The van der Waals surface area contributed by atoms with Crippen molar-refractivity contribution in [2.24, 2.45) is 5.73 Å². The molecular weight excluding hydrogens is 252 g/mol. The zero-order chi connectivity index (χ0) is 13.9. The molecule has 1 amide bonds. The Labute approximate surface area is 109 Å². The predicted octanol–water partition coefficient (Wildman–Crippen LogP) is 2.81. The molecule has 0 radical (unpaired) electrons. The molecule has 0 saturated carbocycles. The summed E-state index contributed by atoms with van der Waals surface area (Å²) in [6.45, 7) is -0.0915. The number of hydrogen-bond acceptors (Lipinski definition) is 2. The molecule has 1 unspecified atom stereocenters. The number of benzene rings is 1. The Morgan fingerprint density at radius 1 is 1.37 bits per heavy atom. The van der Waals surface area contributed by atoms with Crippen molar-refractivity contribution in [2.45, 2.75) is 11.8 Å². The number of carbonyl (C=O) groups excluding carboxylic acids is 1. The summed E-state index contributed by atoms with van der Waals surface area (Å²) in [5.41, 5.74) is 4.38. The third-order valence-corrected chi connectivity index (χ3v) is 3.08. The molecule has 1 atom stereocenters. The number of primary amides is 1. The fraction of sp³-hybridized carbons (Fsp3) is 0.214. The first-order chi connectivity index (χ1) is 9.03. The van der Waals surface area contributed by atoms with Gasteiger partial charge >= 0.3 is 6.09 Å². The van der Waals surface area contributed by atoms with Crippen LogP contribution in [0.1, 0.15) is 12.0 Å². The summed E-state index contributed by atoms with van der Waals surface area (Å²) in [7, 11) is 0. The van der Waals surface area contributed by atoms with Crippen LogP contribution >= 0.6 is 0 Å². The molecule has 1 aliphatic rings. The number of hydrogen-bond donors (Lipinski definition) is 1. The Hall–Kier alpha value is -2.17. The number of halogens is 2. The van der Waals surface area contributed by atoms with Crippen molar-refractivity contribution in [3.63, 3.8) is 0 Å². The van der Waals surface area contributed by atoms with Gasteiger partial charge < -0.3 is 10.5 Å². The lowest BCUT2D eigenvalue weighted by Crippen LogP contribution is -2.33. The zero-order valence-electron chi connectivity index (χ0n) is 10.1. The molecule has 2 N–H and O–H groups in total. The minimum atomic E-state index is -0.926. The standard InChI is InChI=1S/C14H13F2NO2/c15-10-4-5-11(12(16)8-10)14(9-19-13(17)18)6-2-1-3-7-14/h1-6,8H,7,9H2,(H2,17,18). The normalized spacial score (nSPS) is 21.4. The second-order valence-corrected chi connectivity index (χ2v) is 4.38. The maximum atomic E-state index is 13.9. The Bertz CT molecular complexity index is 554. The summed E-state index contributed by atoms with van der Waals surface area (Å²) in [4.78, 5) is 10.8. The average Bonchev–Trinajstić information content (AvgIpc) is 2.37. The Morgan fingerprint density at radius 3 is 2.74 bits per heavy atom. The fourth-order valence-corrected chi connectivity index (χ4v) is 2.14. The van der Waals surface area contributed by atoms with Crippen LogP contribution in [-0.2, 0) is 10.2 Å². The van der Waals surface area contributed by atoms with Crippen LogP contribution in [0.2, 0.25) is 0 Å². The molecule has 5 heteroatoms. The molecule has 2 rings (SSSR count). The molecule has 1 aromatic rings. The molecule has 0 fully saturated rings. The number of amides is 1. The third kappa shape index (κ3) is 2.81. The van der Waals surface area contributed by atoms with Crippen LogP contribution in [0, 0.1) is 11.6 Å². The molecule has 0 bridgehead atoms. The number of ether oxygens (including phenoxy) is 1. The zero-order valence-corrected chi connectivity index (χ0v) is 10.1. The highest BCUT2D eigenvalue weighted by molar-refractivity contribution is 5.64.